The topological polar surface area (TPSA) is 75.8 Å². The molecule has 2 aromatic rings. The van der Waals surface area contributed by atoms with E-state index in [0.29, 0.717) is 18.5 Å². The second kappa shape index (κ2) is 8.29. The van der Waals surface area contributed by atoms with Crippen molar-refractivity contribution in [2.24, 2.45) is 16.6 Å². The molecule has 1 fully saturated rings. The summed E-state index contributed by atoms with van der Waals surface area (Å²) in [6, 6.07) is 12.5. The standard InChI is InChI=1S/C21H27N5O/c22-21(25-19-9-14-27-20-4-2-1-3-18(19)20)24-15-16-7-12-26(13-8-16)17-5-10-23-11-6-17/h1-6,10-11,16,19H,7-9,12-15H2,(H3,22,24,25). The van der Waals surface area contributed by atoms with Gasteiger partial charge in [-0.05, 0) is 37.0 Å². The van der Waals surface area contributed by atoms with Gasteiger partial charge in [0.25, 0.3) is 0 Å². The summed E-state index contributed by atoms with van der Waals surface area (Å²) in [5.74, 6) is 2.07. The summed E-state index contributed by atoms with van der Waals surface area (Å²) in [4.78, 5) is 11.1. The molecule has 3 N–H and O–H groups in total. The molecule has 0 saturated carbocycles. The van der Waals surface area contributed by atoms with Gasteiger partial charge in [-0.15, -0.1) is 0 Å². The van der Waals surface area contributed by atoms with Crippen LogP contribution < -0.4 is 20.7 Å². The molecule has 27 heavy (non-hydrogen) atoms. The van der Waals surface area contributed by atoms with Crippen LogP contribution in [0.3, 0.4) is 0 Å². The Morgan fingerprint density at radius 3 is 2.74 bits per heavy atom. The number of pyridine rings is 1. The van der Waals surface area contributed by atoms with Gasteiger partial charge in [0.15, 0.2) is 5.96 Å². The van der Waals surface area contributed by atoms with Gasteiger partial charge in [-0.25, -0.2) is 0 Å². The number of hydrogen-bond acceptors (Lipinski definition) is 4. The van der Waals surface area contributed by atoms with E-state index in [9.17, 15) is 0 Å². The second-order valence-corrected chi connectivity index (χ2v) is 7.23. The molecule has 0 amide bonds. The normalized spacial score (nSPS) is 20.7. The predicted molar refractivity (Wildman–Crippen MR) is 108 cm³/mol. The largest absolute Gasteiger partial charge is 0.493 e. The predicted octanol–water partition coefficient (Wildman–Crippen LogP) is 2.73. The Hall–Kier alpha value is -2.76. The van der Waals surface area contributed by atoms with Crippen molar-refractivity contribution in [3.8, 4) is 5.75 Å². The molecule has 2 aliphatic rings. The van der Waals surface area contributed by atoms with Crippen LogP contribution in [0.2, 0.25) is 0 Å². The minimum atomic E-state index is 0.173. The summed E-state index contributed by atoms with van der Waals surface area (Å²) in [6.07, 6.45) is 6.88. The fourth-order valence-corrected chi connectivity index (χ4v) is 3.87. The molecule has 1 aromatic carbocycles. The third-order valence-electron chi connectivity index (χ3n) is 5.44. The van der Waals surface area contributed by atoms with Gasteiger partial charge in [-0.3, -0.25) is 9.98 Å². The number of anilines is 1. The van der Waals surface area contributed by atoms with Crippen LogP contribution in [0.15, 0.2) is 53.8 Å². The van der Waals surface area contributed by atoms with Crippen LogP contribution in [0.5, 0.6) is 5.75 Å². The van der Waals surface area contributed by atoms with Gasteiger partial charge in [0.05, 0.1) is 12.6 Å². The van der Waals surface area contributed by atoms with Gasteiger partial charge in [0.1, 0.15) is 5.75 Å². The molecule has 4 rings (SSSR count). The van der Waals surface area contributed by atoms with Crippen LogP contribution in [0.1, 0.15) is 30.9 Å². The van der Waals surface area contributed by atoms with E-state index in [-0.39, 0.29) is 6.04 Å². The van der Waals surface area contributed by atoms with Crippen molar-refractivity contribution in [3.05, 3.63) is 54.4 Å². The number of ether oxygens (including phenoxy) is 1. The molecule has 1 aromatic heterocycles. The molecule has 0 aliphatic carbocycles. The molecule has 142 valence electrons. The fraction of sp³-hybridized carbons (Fsp3) is 0.429. The quantitative estimate of drug-likeness (QED) is 0.644. The number of hydrogen-bond donors (Lipinski definition) is 2. The lowest BCUT2D eigenvalue weighted by Gasteiger charge is -2.33. The number of aliphatic imine (C=N–C) groups is 1. The maximum atomic E-state index is 6.18. The fourth-order valence-electron chi connectivity index (χ4n) is 3.87. The highest BCUT2D eigenvalue weighted by Crippen LogP contribution is 2.31. The molecule has 0 spiro atoms. The van der Waals surface area contributed by atoms with Crippen molar-refractivity contribution in [2.75, 3.05) is 31.1 Å². The first-order chi connectivity index (χ1) is 13.3. The summed E-state index contributed by atoms with van der Waals surface area (Å²) < 4.78 is 5.71. The van der Waals surface area contributed by atoms with Crippen LogP contribution in [0.25, 0.3) is 0 Å². The summed E-state index contributed by atoms with van der Waals surface area (Å²) in [5, 5.41) is 3.38. The van der Waals surface area contributed by atoms with E-state index in [0.717, 1.165) is 50.2 Å². The molecule has 1 atom stereocenters. The number of guanidine groups is 1. The number of nitrogens with one attached hydrogen (secondary N) is 1. The molecule has 2 aliphatic heterocycles. The monoisotopic (exact) mass is 365 g/mol. The molecule has 6 heteroatoms. The highest BCUT2D eigenvalue weighted by Gasteiger charge is 2.22. The maximum absolute atomic E-state index is 6.18. The first kappa shape index (κ1) is 17.6. The van der Waals surface area contributed by atoms with Gasteiger partial charge in [0, 0.05) is 49.7 Å². The van der Waals surface area contributed by atoms with E-state index >= 15 is 0 Å². The van der Waals surface area contributed by atoms with Crippen LogP contribution >= 0.6 is 0 Å². The van der Waals surface area contributed by atoms with Crippen molar-refractivity contribution in [1.29, 1.82) is 0 Å². The average molecular weight is 365 g/mol. The van der Waals surface area contributed by atoms with E-state index in [1.165, 1.54) is 5.69 Å². The lowest BCUT2D eigenvalue weighted by molar-refractivity contribution is 0.262. The van der Waals surface area contributed by atoms with Gasteiger partial charge >= 0.3 is 0 Å². The third-order valence-corrected chi connectivity index (χ3v) is 5.44. The molecule has 1 saturated heterocycles. The number of fused-ring (bicyclic) bond motifs is 1. The lowest BCUT2D eigenvalue weighted by Crippen LogP contribution is -2.38. The number of piperidine rings is 1. The molecular weight excluding hydrogens is 338 g/mol. The van der Waals surface area contributed by atoms with Crippen molar-refractivity contribution in [2.45, 2.75) is 25.3 Å². The first-order valence-corrected chi connectivity index (χ1v) is 9.73. The van der Waals surface area contributed by atoms with Crippen molar-refractivity contribution < 1.29 is 4.74 Å². The van der Waals surface area contributed by atoms with E-state index in [2.05, 4.69) is 38.4 Å². The van der Waals surface area contributed by atoms with Gasteiger partial charge in [-0.2, -0.15) is 0 Å². The zero-order chi connectivity index (χ0) is 18.5. The molecule has 6 nitrogen and oxygen atoms in total. The van der Waals surface area contributed by atoms with Crippen LogP contribution in [0, 0.1) is 5.92 Å². The molecule has 1 unspecified atom stereocenters. The Morgan fingerprint density at radius 2 is 1.93 bits per heavy atom. The van der Waals surface area contributed by atoms with E-state index in [1.54, 1.807) is 0 Å². The molecule has 0 bridgehead atoms. The van der Waals surface area contributed by atoms with Gasteiger partial charge in [0.2, 0.25) is 0 Å². The van der Waals surface area contributed by atoms with Crippen LogP contribution in [0.4, 0.5) is 5.69 Å². The Labute approximate surface area is 160 Å². The van der Waals surface area contributed by atoms with Gasteiger partial charge in [-0.1, -0.05) is 18.2 Å². The second-order valence-electron chi connectivity index (χ2n) is 7.23. The summed E-state index contributed by atoms with van der Waals surface area (Å²) in [7, 11) is 0. The lowest BCUT2D eigenvalue weighted by atomic mass is 9.96. The van der Waals surface area contributed by atoms with Crippen molar-refractivity contribution in [1.82, 2.24) is 10.3 Å². The minimum Gasteiger partial charge on any atom is -0.493 e. The summed E-state index contributed by atoms with van der Waals surface area (Å²) in [6.45, 7) is 3.61. The molecular formula is C21H27N5O. The average Bonchev–Trinajstić information content (AvgIpc) is 2.74. The summed E-state index contributed by atoms with van der Waals surface area (Å²) >= 11 is 0. The smallest absolute Gasteiger partial charge is 0.189 e. The number of rotatable bonds is 4. The van der Waals surface area contributed by atoms with Crippen molar-refractivity contribution in [3.63, 3.8) is 0 Å². The maximum Gasteiger partial charge on any atom is 0.189 e. The highest BCUT2D eigenvalue weighted by molar-refractivity contribution is 5.78. The highest BCUT2D eigenvalue weighted by atomic mass is 16.5. The number of nitrogens with zero attached hydrogens (tertiary/aromatic N) is 3. The van der Waals surface area contributed by atoms with E-state index in [1.807, 2.05) is 30.6 Å². The number of para-hydroxylation sites is 1. The zero-order valence-corrected chi connectivity index (χ0v) is 15.6. The van der Waals surface area contributed by atoms with E-state index in [4.69, 9.17) is 10.5 Å². The van der Waals surface area contributed by atoms with Crippen LogP contribution in [-0.4, -0.2) is 37.2 Å². The number of nitrogens with two attached hydrogens (primary N) is 1. The third kappa shape index (κ3) is 4.32. The SMILES string of the molecule is NC(=NCC1CCN(c2ccncc2)CC1)NC1CCOc2ccccc21. The van der Waals surface area contributed by atoms with E-state index < -0.39 is 0 Å². The minimum absolute atomic E-state index is 0.173. The molecule has 3 heterocycles. The van der Waals surface area contributed by atoms with Crippen molar-refractivity contribution >= 4 is 11.6 Å². The Balaban J connectivity index is 1.28. The Morgan fingerprint density at radius 1 is 1.15 bits per heavy atom. The van der Waals surface area contributed by atoms with Gasteiger partial charge < -0.3 is 20.7 Å². The Bertz CT molecular complexity index is 771. The first-order valence-electron chi connectivity index (χ1n) is 9.73. The Kier molecular flexibility index (Phi) is 5.42. The number of aromatic nitrogens is 1. The molecule has 0 radical (unpaired) electrons. The zero-order valence-electron chi connectivity index (χ0n) is 15.6. The summed E-state index contributed by atoms with van der Waals surface area (Å²) in [5.41, 5.74) is 8.59. The van der Waals surface area contributed by atoms with Crippen LogP contribution in [-0.2, 0) is 0 Å². The number of benzene rings is 1.